The predicted molar refractivity (Wildman–Crippen MR) is 67.0 cm³/mol. The third-order valence-electron chi connectivity index (χ3n) is 1.97. The number of hydrogen-bond donors (Lipinski definition) is 0. The molecule has 0 aliphatic carbocycles. The number of halogens is 5. The zero-order chi connectivity index (χ0) is 13.2. The lowest BCUT2D eigenvalue weighted by Gasteiger charge is -2.13. The number of alkyl halides is 4. The smallest absolute Gasteiger partial charge is 0.293 e. The van der Waals surface area contributed by atoms with Crippen LogP contribution in [0, 0.1) is 14.9 Å². The molecule has 0 unspecified atom stereocenters. The molecule has 0 fully saturated rings. The van der Waals surface area contributed by atoms with Gasteiger partial charge >= 0.3 is 6.18 Å². The highest BCUT2D eigenvalue weighted by Crippen LogP contribution is 2.35. The molecule has 0 atom stereocenters. The number of carbonyl (C=O) groups is 1. The Hall–Kier alpha value is -0.620. The first kappa shape index (κ1) is 14.4. The summed E-state index contributed by atoms with van der Waals surface area (Å²) in [5, 5.41) is 8.59. The molecule has 0 bridgehead atoms. The summed E-state index contributed by atoms with van der Waals surface area (Å²) in [6.07, 6.45) is -4.65. The number of benzene rings is 1. The fraction of sp³-hybridized carbons (Fsp3) is 0.200. The van der Waals surface area contributed by atoms with E-state index in [1.54, 1.807) is 28.7 Å². The first-order chi connectivity index (χ1) is 7.82. The summed E-state index contributed by atoms with van der Waals surface area (Å²) < 4.78 is 38.5. The first-order valence-electron chi connectivity index (χ1n) is 4.22. The molecule has 1 rings (SSSR count). The molecule has 0 aliphatic heterocycles. The average molecular weight is 418 g/mol. The third-order valence-corrected chi connectivity index (χ3v) is 3.38. The molecular formula is C10H4BrF3INO. The fourth-order valence-corrected chi connectivity index (χ4v) is 2.13. The molecule has 0 radical (unpaired) electrons. The molecule has 0 amide bonds. The molecule has 1 aromatic rings. The molecule has 90 valence electrons. The molecular weight excluding hydrogens is 414 g/mol. The number of carbonyl (C=O) groups excluding carboxylic acids is 1. The van der Waals surface area contributed by atoms with E-state index in [0.717, 1.165) is 6.07 Å². The van der Waals surface area contributed by atoms with Gasteiger partial charge in [-0.25, -0.2) is 0 Å². The van der Waals surface area contributed by atoms with E-state index in [0.29, 0.717) is 3.57 Å². The predicted octanol–water partition coefficient (Wildman–Crippen LogP) is 3.76. The maximum atomic E-state index is 12.7. The van der Waals surface area contributed by atoms with Crippen molar-refractivity contribution in [1.29, 1.82) is 5.26 Å². The van der Waals surface area contributed by atoms with Gasteiger partial charge in [0.05, 0.1) is 16.5 Å². The highest BCUT2D eigenvalue weighted by molar-refractivity contribution is 14.1. The topological polar surface area (TPSA) is 40.9 Å². The van der Waals surface area contributed by atoms with E-state index in [9.17, 15) is 18.0 Å². The van der Waals surface area contributed by atoms with Crippen molar-refractivity contribution in [1.82, 2.24) is 0 Å². The van der Waals surface area contributed by atoms with Crippen molar-refractivity contribution in [2.24, 2.45) is 0 Å². The zero-order valence-electron chi connectivity index (χ0n) is 8.11. The number of ketones is 1. The van der Waals surface area contributed by atoms with E-state index in [2.05, 4.69) is 15.9 Å². The minimum absolute atomic E-state index is 0.232. The summed E-state index contributed by atoms with van der Waals surface area (Å²) in [4.78, 5) is 11.5. The highest BCUT2D eigenvalue weighted by Gasteiger charge is 2.36. The van der Waals surface area contributed by atoms with Crippen LogP contribution in [-0.4, -0.2) is 11.1 Å². The Morgan fingerprint density at radius 3 is 2.47 bits per heavy atom. The number of rotatable bonds is 2. The van der Waals surface area contributed by atoms with E-state index in [4.69, 9.17) is 5.26 Å². The van der Waals surface area contributed by atoms with Crippen LogP contribution in [0.4, 0.5) is 13.2 Å². The average Bonchev–Trinajstić information content (AvgIpc) is 2.25. The second-order valence-electron chi connectivity index (χ2n) is 3.01. The van der Waals surface area contributed by atoms with Gasteiger partial charge in [0, 0.05) is 9.13 Å². The second kappa shape index (κ2) is 5.35. The van der Waals surface area contributed by atoms with Crippen molar-refractivity contribution >= 4 is 44.3 Å². The van der Waals surface area contributed by atoms with Gasteiger partial charge in [-0.3, -0.25) is 4.79 Å². The van der Waals surface area contributed by atoms with Gasteiger partial charge in [-0.2, -0.15) is 18.4 Å². The van der Waals surface area contributed by atoms with Crippen LogP contribution in [0.2, 0.25) is 0 Å². The van der Waals surface area contributed by atoms with Gasteiger partial charge in [0.15, 0.2) is 5.78 Å². The van der Waals surface area contributed by atoms with Crippen molar-refractivity contribution < 1.29 is 18.0 Å². The molecule has 0 aliphatic rings. The summed E-state index contributed by atoms with van der Waals surface area (Å²) in [5.41, 5.74) is -1.87. The molecule has 0 saturated carbocycles. The molecule has 17 heavy (non-hydrogen) atoms. The summed E-state index contributed by atoms with van der Waals surface area (Å²) >= 11 is 4.53. The molecule has 1 aromatic carbocycles. The molecule has 0 saturated heterocycles. The van der Waals surface area contributed by atoms with Crippen LogP contribution >= 0.6 is 38.5 Å². The number of nitriles is 1. The van der Waals surface area contributed by atoms with Gasteiger partial charge in [0.25, 0.3) is 0 Å². The summed E-state index contributed by atoms with van der Waals surface area (Å²) in [6, 6.07) is 3.63. The Kier molecular flexibility index (Phi) is 4.55. The van der Waals surface area contributed by atoms with Crippen LogP contribution in [0.1, 0.15) is 21.5 Å². The van der Waals surface area contributed by atoms with E-state index in [-0.39, 0.29) is 10.9 Å². The van der Waals surface area contributed by atoms with Crippen molar-refractivity contribution in [2.75, 3.05) is 5.33 Å². The van der Waals surface area contributed by atoms with Crippen molar-refractivity contribution in [2.45, 2.75) is 6.18 Å². The summed E-state index contributed by atoms with van der Waals surface area (Å²) in [7, 11) is 0. The molecule has 0 spiro atoms. The molecule has 0 aromatic heterocycles. The fourth-order valence-electron chi connectivity index (χ4n) is 1.28. The lowest BCUT2D eigenvalue weighted by Crippen LogP contribution is -2.16. The minimum Gasteiger partial charge on any atom is -0.293 e. The van der Waals surface area contributed by atoms with E-state index in [1.165, 1.54) is 6.07 Å². The second-order valence-corrected chi connectivity index (χ2v) is 4.73. The quantitative estimate of drug-likeness (QED) is 0.417. The van der Waals surface area contributed by atoms with Crippen LogP contribution in [0.15, 0.2) is 12.1 Å². The lowest BCUT2D eigenvalue weighted by molar-refractivity contribution is -0.137. The van der Waals surface area contributed by atoms with Gasteiger partial charge in [0.1, 0.15) is 6.07 Å². The van der Waals surface area contributed by atoms with E-state index < -0.39 is 23.1 Å². The van der Waals surface area contributed by atoms with Gasteiger partial charge < -0.3 is 0 Å². The Bertz CT molecular complexity index is 507. The van der Waals surface area contributed by atoms with Gasteiger partial charge in [-0.1, -0.05) is 15.9 Å². The molecule has 2 nitrogen and oxygen atoms in total. The summed E-state index contributed by atoms with van der Waals surface area (Å²) in [5.74, 6) is -0.757. The molecule has 0 N–H and O–H groups in total. The Morgan fingerprint density at radius 2 is 2.06 bits per heavy atom. The number of Topliss-reactive ketones (excluding diaryl/α,β-unsaturated/α-hetero) is 1. The van der Waals surface area contributed by atoms with Crippen LogP contribution in [0.5, 0.6) is 0 Å². The molecule has 0 heterocycles. The zero-order valence-corrected chi connectivity index (χ0v) is 11.9. The minimum atomic E-state index is -4.65. The Morgan fingerprint density at radius 1 is 1.47 bits per heavy atom. The third kappa shape index (κ3) is 2.98. The Labute approximate surface area is 117 Å². The normalized spacial score (nSPS) is 11.1. The monoisotopic (exact) mass is 417 g/mol. The lowest BCUT2D eigenvalue weighted by atomic mass is 9.98. The largest absolute Gasteiger partial charge is 0.417 e. The van der Waals surface area contributed by atoms with Gasteiger partial charge in [-0.15, -0.1) is 0 Å². The Balaban J connectivity index is 3.65. The number of nitrogens with zero attached hydrogens (tertiary/aromatic N) is 1. The highest BCUT2D eigenvalue weighted by atomic mass is 127. The first-order valence-corrected chi connectivity index (χ1v) is 6.42. The van der Waals surface area contributed by atoms with E-state index in [1.807, 2.05) is 0 Å². The van der Waals surface area contributed by atoms with Crippen LogP contribution < -0.4 is 0 Å². The standard InChI is InChI=1S/C10H4BrF3INO/c11-3-8(17)9-5(4-16)7(15)2-1-6(9)10(12,13)14/h1-2H,3H2. The SMILES string of the molecule is N#Cc1c(I)ccc(C(F)(F)F)c1C(=O)CBr. The van der Waals surface area contributed by atoms with Gasteiger partial charge in [-0.05, 0) is 34.7 Å². The van der Waals surface area contributed by atoms with Crippen LogP contribution in [0.25, 0.3) is 0 Å². The summed E-state index contributed by atoms with van der Waals surface area (Å²) in [6.45, 7) is 0. The van der Waals surface area contributed by atoms with Crippen molar-refractivity contribution in [3.63, 3.8) is 0 Å². The van der Waals surface area contributed by atoms with Crippen LogP contribution in [-0.2, 0) is 6.18 Å². The van der Waals surface area contributed by atoms with Crippen LogP contribution in [0.3, 0.4) is 0 Å². The van der Waals surface area contributed by atoms with Crippen molar-refractivity contribution in [3.05, 3.63) is 32.4 Å². The van der Waals surface area contributed by atoms with Gasteiger partial charge in [0.2, 0.25) is 0 Å². The maximum Gasteiger partial charge on any atom is 0.417 e. The van der Waals surface area contributed by atoms with Crippen molar-refractivity contribution in [3.8, 4) is 6.07 Å². The molecule has 7 heteroatoms. The maximum absolute atomic E-state index is 12.7. The van der Waals surface area contributed by atoms with E-state index >= 15 is 0 Å². The number of hydrogen-bond acceptors (Lipinski definition) is 2.